The van der Waals surface area contributed by atoms with Crippen LogP contribution in [0.4, 0.5) is 0 Å². The van der Waals surface area contributed by atoms with Gasteiger partial charge in [0.1, 0.15) is 0 Å². The van der Waals surface area contributed by atoms with Crippen molar-refractivity contribution in [1.29, 1.82) is 0 Å². The molecule has 3 N–H and O–H groups in total. The fourth-order valence-electron chi connectivity index (χ4n) is 2.60. The first-order chi connectivity index (χ1) is 9.19. The molecule has 19 heavy (non-hydrogen) atoms. The number of aromatic nitrogens is 1. The smallest absolute Gasteiger partial charge is 0.223 e. The van der Waals surface area contributed by atoms with Crippen LogP contribution in [-0.2, 0) is 11.3 Å². The number of hydrogen-bond donors (Lipinski definition) is 2. The first-order valence-corrected chi connectivity index (χ1v) is 7.08. The van der Waals surface area contributed by atoms with Crippen LogP contribution in [0.15, 0.2) is 18.3 Å². The highest BCUT2D eigenvalue weighted by Crippen LogP contribution is 2.28. The van der Waals surface area contributed by atoms with Gasteiger partial charge in [0.25, 0.3) is 0 Å². The molecule has 0 bridgehead atoms. The Balaban J connectivity index is 1.77. The minimum Gasteiger partial charge on any atom is -0.352 e. The van der Waals surface area contributed by atoms with Gasteiger partial charge in [-0.2, -0.15) is 0 Å². The average Bonchev–Trinajstić information content (AvgIpc) is 2.46. The van der Waals surface area contributed by atoms with E-state index < -0.39 is 0 Å². The molecule has 1 saturated carbocycles. The second kappa shape index (κ2) is 6.66. The third-order valence-corrected chi connectivity index (χ3v) is 3.99. The van der Waals surface area contributed by atoms with Crippen molar-refractivity contribution in [2.75, 3.05) is 6.54 Å². The number of aryl methyl sites for hydroxylation is 1. The van der Waals surface area contributed by atoms with E-state index in [4.69, 9.17) is 5.73 Å². The van der Waals surface area contributed by atoms with Crippen molar-refractivity contribution in [3.63, 3.8) is 0 Å². The van der Waals surface area contributed by atoms with Crippen molar-refractivity contribution >= 4 is 5.91 Å². The Bertz CT molecular complexity index is 408. The van der Waals surface area contributed by atoms with Gasteiger partial charge in [-0.3, -0.25) is 9.78 Å². The first-order valence-electron chi connectivity index (χ1n) is 7.08. The van der Waals surface area contributed by atoms with Crippen molar-refractivity contribution < 1.29 is 4.79 Å². The quantitative estimate of drug-likeness (QED) is 0.868. The molecule has 1 aromatic heterocycles. The summed E-state index contributed by atoms with van der Waals surface area (Å²) in [5.74, 6) is 0.961. The molecular weight excluding hydrogens is 238 g/mol. The van der Waals surface area contributed by atoms with E-state index >= 15 is 0 Å². The molecule has 0 saturated heterocycles. The predicted octanol–water partition coefficient (Wildman–Crippen LogP) is 1.77. The van der Waals surface area contributed by atoms with Gasteiger partial charge in [-0.1, -0.05) is 6.07 Å². The Morgan fingerprint density at radius 1 is 1.37 bits per heavy atom. The second-order valence-electron chi connectivity index (χ2n) is 5.48. The number of pyridine rings is 1. The zero-order valence-electron chi connectivity index (χ0n) is 11.6. The van der Waals surface area contributed by atoms with Crippen molar-refractivity contribution in [3.8, 4) is 0 Å². The van der Waals surface area contributed by atoms with Crippen LogP contribution in [0, 0.1) is 18.8 Å². The van der Waals surface area contributed by atoms with Crippen LogP contribution in [0.5, 0.6) is 0 Å². The average molecular weight is 261 g/mol. The lowest BCUT2D eigenvalue weighted by molar-refractivity contribution is -0.126. The maximum Gasteiger partial charge on any atom is 0.223 e. The Labute approximate surface area is 114 Å². The summed E-state index contributed by atoms with van der Waals surface area (Å²) in [5.41, 5.74) is 7.71. The van der Waals surface area contributed by atoms with E-state index in [0.717, 1.165) is 43.5 Å². The van der Waals surface area contributed by atoms with E-state index in [1.54, 1.807) is 0 Å². The summed E-state index contributed by atoms with van der Waals surface area (Å²) in [6, 6.07) is 3.97. The molecule has 1 amide bonds. The molecule has 1 heterocycles. The van der Waals surface area contributed by atoms with E-state index in [2.05, 4.69) is 10.3 Å². The van der Waals surface area contributed by atoms with Gasteiger partial charge in [-0.05, 0) is 56.7 Å². The molecule has 104 valence electrons. The van der Waals surface area contributed by atoms with Crippen LogP contribution >= 0.6 is 0 Å². The Morgan fingerprint density at radius 3 is 2.68 bits per heavy atom. The van der Waals surface area contributed by atoms with Gasteiger partial charge in [0, 0.05) is 24.4 Å². The van der Waals surface area contributed by atoms with E-state index in [1.807, 2.05) is 25.3 Å². The van der Waals surface area contributed by atoms with E-state index in [0.29, 0.717) is 12.5 Å². The second-order valence-corrected chi connectivity index (χ2v) is 5.48. The molecule has 0 atom stereocenters. The summed E-state index contributed by atoms with van der Waals surface area (Å²) < 4.78 is 0. The van der Waals surface area contributed by atoms with Gasteiger partial charge in [0.2, 0.25) is 5.91 Å². The van der Waals surface area contributed by atoms with Crippen LogP contribution < -0.4 is 11.1 Å². The lowest BCUT2D eigenvalue weighted by Gasteiger charge is -2.26. The van der Waals surface area contributed by atoms with Gasteiger partial charge in [-0.25, -0.2) is 0 Å². The third kappa shape index (κ3) is 4.03. The summed E-state index contributed by atoms with van der Waals surface area (Å²) in [5, 5.41) is 3.01. The predicted molar refractivity (Wildman–Crippen MR) is 75.3 cm³/mol. The molecule has 1 aliphatic carbocycles. The molecule has 1 aromatic rings. The molecule has 0 radical (unpaired) electrons. The molecule has 0 spiro atoms. The normalized spacial score (nSPS) is 23.1. The number of carbonyl (C=O) groups is 1. The number of amides is 1. The molecule has 0 aromatic carbocycles. The number of hydrogen-bond acceptors (Lipinski definition) is 3. The van der Waals surface area contributed by atoms with Gasteiger partial charge in [0.15, 0.2) is 0 Å². The molecule has 1 fully saturated rings. The molecule has 1 aliphatic rings. The summed E-state index contributed by atoms with van der Waals surface area (Å²) in [7, 11) is 0. The molecule has 0 unspecified atom stereocenters. The summed E-state index contributed by atoms with van der Waals surface area (Å²) in [6.45, 7) is 3.28. The van der Waals surface area contributed by atoms with Gasteiger partial charge < -0.3 is 11.1 Å². The number of nitrogens with two attached hydrogens (primary N) is 1. The number of nitrogens with zero attached hydrogens (tertiary/aromatic N) is 1. The minimum absolute atomic E-state index is 0.168. The zero-order valence-corrected chi connectivity index (χ0v) is 11.6. The monoisotopic (exact) mass is 261 g/mol. The summed E-state index contributed by atoms with van der Waals surface area (Å²) in [6.07, 6.45) is 5.93. The molecular formula is C15H23N3O. The van der Waals surface area contributed by atoms with Crippen molar-refractivity contribution in [2.45, 2.75) is 39.2 Å². The van der Waals surface area contributed by atoms with E-state index in [9.17, 15) is 4.79 Å². The van der Waals surface area contributed by atoms with Crippen molar-refractivity contribution in [1.82, 2.24) is 10.3 Å². The van der Waals surface area contributed by atoms with Crippen LogP contribution in [0.2, 0.25) is 0 Å². The molecule has 4 nitrogen and oxygen atoms in total. The Hall–Kier alpha value is -1.42. The molecule has 0 aliphatic heterocycles. The van der Waals surface area contributed by atoms with Crippen LogP contribution in [-0.4, -0.2) is 17.4 Å². The maximum atomic E-state index is 12.1. The number of rotatable bonds is 4. The van der Waals surface area contributed by atoms with Gasteiger partial charge >= 0.3 is 0 Å². The summed E-state index contributed by atoms with van der Waals surface area (Å²) >= 11 is 0. The molecule has 4 heteroatoms. The molecule has 2 rings (SSSR count). The Morgan fingerprint density at radius 2 is 2.11 bits per heavy atom. The fraction of sp³-hybridized carbons (Fsp3) is 0.600. The van der Waals surface area contributed by atoms with Crippen LogP contribution in [0.25, 0.3) is 0 Å². The van der Waals surface area contributed by atoms with Crippen molar-refractivity contribution in [2.24, 2.45) is 17.6 Å². The van der Waals surface area contributed by atoms with Crippen LogP contribution in [0.1, 0.15) is 36.9 Å². The van der Waals surface area contributed by atoms with Crippen LogP contribution in [0.3, 0.4) is 0 Å². The SMILES string of the molecule is Cc1ccc(CNC(=O)C2CCC(CN)CC2)cn1. The van der Waals surface area contributed by atoms with E-state index in [1.165, 1.54) is 0 Å². The number of carbonyl (C=O) groups excluding carboxylic acids is 1. The lowest BCUT2D eigenvalue weighted by atomic mass is 9.81. The minimum atomic E-state index is 0.168. The standard InChI is InChI=1S/C15H23N3O/c1-11-2-3-13(9-17-11)10-18-15(19)14-6-4-12(8-16)5-7-14/h2-3,9,12,14H,4-8,10,16H2,1H3,(H,18,19). The van der Waals surface area contributed by atoms with Gasteiger partial charge in [0.05, 0.1) is 0 Å². The largest absolute Gasteiger partial charge is 0.352 e. The van der Waals surface area contributed by atoms with Crippen molar-refractivity contribution in [3.05, 3.63) is 29.6 Å². The highest BCUT2D eigenvalue weighted by atomic mass is 16.1. The maximum absolute atomic E-state index is 12.1. The third-order valence-electron chi connectivity index (χ3n) is 3.99. The van der Waals surface area contributed by atoms with E-state index in [-0.39, 0.29) is 11.8 Å². The summed E-state index contributed by atoms with van der Waals surface area (Å²) in [4.78, 5) is 16.3. The highest BCUT2D eigenvalue weighted by molar-refractivity contribution is 5.78. The number of nitrogens with one attached hydrogen (secondary N) is 1. The highest BCUT2D eigenvalue weighted by Gasteiger charge is 2.25. The lowest BCUT2D eigenvalue weighted by Crippen LogP contribution is -2.33. The fourth-order valence-corrected chi connectivity index (χ4v) is 2.60. The topological polar surface area (TPSA) is 68.0 Å². The Kier molecular flexibility index (Phi) is 4.91. The first kappa shape index (κ1) is 14.0. The van der Waals surface area contributed by atoms with Gasteiger partial charge in [-0.15, -0.1) is 0 Å². The zero-order chi connectivity index (χ0) is 13.7.